The molecule has 0 fully saturated rings. The molecule has 1 heterocycles. The van der Waals surface area contributed by atoms with Gasteiger partial charge in [0.25, 0.3) is 0 Å². The molecule has 1 aliphatic carbocycles. The van der Waals surface area contributed by atoms with E-state index in [1.165, 1.54) is 22.5 Å². The molecule has 0 atom stereocenters. The van der Waals surface area contributed by atoms with Gasteiger partial charge in [0.15, 0.2) is 18.1 Å². The average molecular weight is 287 g/mol. The van der Waals surface area contributed by atoms with E-state index in [0.29, 0.717) is 5.56 Å². The fraction of sp³-hybridized carbons (Fsp3) is 0.267. The van der Waals surface area contributed by atoms with Gasteiger partial charge in [-0.05, 0) is 36.5 Å². The Hall–Kier alpha value is -2.01. The maximum absolute atomic E-state index is 12.0. The summed E-state index contributed by atoms with van der Waals surface area (Å²) in [6.45, 7) is -0.241. The number of ether oxygens (including phenoxy) is 1. The Kier molecular flexibility index (Phi) is 3.60. The Balaban J connectivity index is 1.63. The second kappa shape index (κ2) is 5.54. The van der Waals surface area contributed by atoms with Gasteiger partial charge < -0.3 is 4.74 Å². The third-order valence-electron chi connectivity index (χ3n) is 3.40. The summed E-state index contributed by atoms with van der Waals surface area (Å²) in [7, 11) is 0. The highest BCUT2D eigenvalue weighted by Crippen LogP contribution is 2.23. The van der Waals surface area contributed by atoms with Crippen molar-refractivity contribution in [2.75, 3.05) is 6.61 Å². The average Bonchev–Trinajstić information content (AvgIpc) is 3.13. The topological polar surface area (TPSA) is 56.3 Å². The number of aromatic nitrogens is 1. The van der Waals surface area contributed by atoms with Crippen LogP contribution in [0.2, 0.25) is 0 Å². The molecule has 0 saturated carbocycles. The van der Waals surface area contributed by atoms with Crippen LogP contribution >= 0.6 is 11.3 Å². The standard InChI is InChI=1S/C15H13NO3S/c17-14(7-19-15(18)13-8-20-9-16-13)12-5-4-10-2-1-3-11(10)6-12/h4-6,8-9H,1-3,7H2. The molecule has 1 aromatic heterocycles. The number of nitrogens with zero attached hydrogens (tertiary/aromatic N) is 1. The van der Waals surface area contributed by atoms with Gasteiger partial charge in [-0.1, -0.05) is 12.1 Å². The van der Waals surface area contributed by atoms with Crippen LogP contribution in [0.15, 0.2) is 29.1 Å². The van der Waals surface area contributed by atoms with E-state index in [9.17, 15) is 9.59 Å². The fourth-order valence-electron chi connectivity index (χ4n) is 2.35. The van der Waals surface area contributed by atoms with E-state index in [4.69, 9.17) is 4.74 Å². The zero-order valence-corrected chi connectivity index (χ0v) is 11.6. The number of Topliss-reactive ketones (excluding diaryl/α,β-unsaturated/α-hetero) is 1. The molecule has 1 aromatic carbocycles. The second-order valence-electron chi connectivity index (χ2n) is 4.71. The van der Waals surface area contributed by atoms with E-state index in [1.807, 2.05) is 18.2 Å². The Bertz CT molecular complexity index is 649. The van der Waals surface area contributed by atoms with Gasteiger partial charge in [-0.25, -0.2) is 9.78 Å². The summed E-state index contributed by atoms with van der Waals surface area (Å²) < 4.78 is 4.98. The fourth-order valence-corrected chi connectivity index (χ4v) is 2.87. The first-order valence-electron chi connectivity index (χ1n) is 6.44. The van der Waals surface area contributed by atoms with Crippen LogP contribution in [0.5, 0.6) is 0 Å². The van der Waals surface area contributed by atoms with Gasteiger partial charge in [0.2, 0.25) is 0 Å². The molecule has 0 N–H and O–H groups in total. The number of benzene rings is 1. The first-order chi connectivity index (χ1) is 9.74. The lowest BCUT2D eigenvalue weighted by atomic mass is 10.0. The van der Waals surface area contributed by atoms with Crippen molar-refractivity contribution in [3.8, 4) is 0 Å². The van der Waals surface area contributed by atoms with Crippen LogP contribution in [0.3, 0.4) is 0 Å². The second-order valence-corrected chi connectivity index (χ2v) is 5.43. The van der Waals surface area contributed by atoms with Crippen LogP contribution in [-0.2, 0) is 17.6 Å². The van der Waals surface area contributed by atoms with E-state index >= 15 is 0 Å². The van der Waals surface area contributed by atoms with Crippen molar-refractivity contribution in [3.63, 3.8) is 0 Å². The Labute approximate surface area is 120 Å². The zero-order valence-electron chi connectivity index (χ0n) is 10.8. The smallest absolute Gasteiger partial charge is 0.358 e. The molecule has 0 amide bonds. The molecule has 0 radical (unpaired) electrons. The van der Waals surface area contributed by atoms with Crippen LogP contribution in [0.4, 0.5) is 0 Å². The molecule has 4 nitrogen and oxygen atoms in total. The van der Waals surface area contributed by atoms with Crippen molar-refractivity contribution >= 4 is 23.1 Å². The number of esters is 1. The third-order valence-corrected chi connectivity index (χ3v) is 3.98. The number of thiazole rings is 1. The number of rotatable bonds is 4. The highest BCUT2D eigenvalue weighted by molar-refractivity contribution is 7.07. The van der Waals surface area contributed by atoms with E-state index in [1.54, 1.807) is 10.9 Å². The molecule has 0 saturated heterocycles. The summed E-state index contributed by atoms with van der Waals surface area (Å²) in [5, 5.41) is 1.60. The quantitative estimate of drug-likeness (QED) is 0.641. The van der Waals surface area contributed by atoms with Crippen molar-refractivity contribution in [1.82, 2.24) is 4.98 Å². The summed E-state index contributed by atoms with van der Waals surface area (Å²) in [5.74, 6) is -0.732. The van der Waals surface area contributed by atoms with Crippen LogP contribution in [0, 0.1) is 0 Å². The van der Waals surface area contributed by atoms with Gasteiger partial charge in [0.05, 0.1) is 5.51 Å². The van der Waals surface area contributed by atoms with Gasteiger partial charge in [0, 0.05) is 10.9 Å². The van der Waals surface area contributed by atoms with E-state index in [-0.39, 0.29) is 18.1 Å². The third kappa shape index (κ3) is 2.63. The monoisotopic (exact) mass is 287 g/mol. The normalized spacial score (nSPS) is 13.0. The molecule has 0 bridgehead atoms. The highest BCUT2D eigenvalue weighted by atomic mass is 32.1. The molecule has 1 aliphatic rings. The van der Waals surface area contributed by atoms with Gasteiger partial charge in [-0.15, -0.1) is 11.3 Å². The Morgan fingerprint density at radius 2 is 2.10 bits per heavy atom. The predicted molar refractivity (Wildman–Crippen MR) is 75.2 cm³/mol. The Morgan fingerprint density at radius 3 is 2.90 bits per heavy atom. The Morgan fingerprint density at radius 1 is 1.25 bits per heavy atom. The van der Waals surface area contributed by atoms with Gasteiger partial charge in [-0.2, -0.15) is 0 Å². The van der Waals surface area contributed by atoms with Crippen molar-refractivity contribution in [2.24, 2.45) is 0 Å². The number of carbonyl (C=O) groups excluding carboxylic acids is 2. The van der Waals surface area contributed by atoms with E-state index < -0.39 is 5.97 Å². The number of hydrogen-bond donors (Lipinski definition) is 0. The van der Waals surface area contributed by atoms with Crippen LogP contribution < -0.4 is 0 Å². The molecular formula is C15H13NO3S. The van der Waals surface area contributed by atoms with Crippen molar-refractivity contribution < 1.29 is 14.3 Å². The number of ketones is 1. The SMILES string of the molecule is O=C(COC(=O)c1cscn1)c1ccc2c(c1)CCC2. The maximum atomic E-state index is 12.0. The minimum atomic E-state index is -0.555. The van der Waals surface area contributed by atoms with Crippen LogP contribution in [0.25, 0.3) is 0 Å². The summed E-state index contributed by atoms with van der Waals surface area (Å²) in [5.41, 5.74) is 4.97. The van der Waals surface area contributed by atoms with Crippen molar-refractivity contribution in [3.05, 3.63) is 51.5 Å². The lowest BCUT2D eigenvalue weighted by Crippen LogP contribution is -2.14. The lowest BCUT2D eigenvalue weighted by Gasteiger charge is -2.05. The van der Waals surface area contributed by atoms with Crippen molar-refractivity contribution in [2.45, 2.75) is 19.3 Å². The lowest BCUT2D eigenvalue weighted by molar-refractivity contribution is 0.0469. The first kappa shape index (κ1) is 13.0. The number of aryl methyl sites for hydroxylation is 2. The maximum Gasteiger partial charge on any atom is 0.358 e. The minimum Gasteiger partial charge on any atom is -0.453 e. The molecule has 0 spiro atoms. The molecule has 0 unspecified atom stereocenters. The molecule has 20 heavy (non-hydrogen) atoms. The summed E-state index contributed by atoms with van der Waals surface area (Å²) >= 11 is 1.32. The van der Waals surface area contributed by atoms with E-state index in [0.717, 1.165) is 19.3 Å². The first-order valence-corrected chi connectivity index (χ1v) is 7.38. The minimum absolute atomic E-state index is 0.178. The van der Waals surface area contributed by atoms with Gasteiger partial charge in [-0.3, -0.25) is 4.79 Å². The van der Waals surface area contributed by atoms with Crippen LogP contribution in [0.1, 0.15) is 38.4 Å². The summed E-state index contributed by atoms with van der Waals surface area (Å²) in [6.07, 6.45) is 3.25. The molecular weight excluding hydrogens is 274 g/mol. The highest BCUT2D eigenvalue weighted by Gasteiger charge is 2.16. The largest absolute Gasteiger partial charge is 0.453 e. The van der Waals surface area contributed by atoms with Crippen molar-refractivity contribution in [1.29, 1.82) is 0 Å². The van der Waals surface area contributed by atoms with Gasteiger partial charge >= 0.3 is 5.97 Å². The van der Waals surface area contributed by atoms with Crippen LogP contribution in [-0.4, -0.2) is 23.3 Å². The van der Waals surface area contributed by atoms with Gasteiger partial charge in [0.1, 0.15) is 0 Å². The predicted octanol–water partition coefficient (Wildman–Crippen LogP) is 2.67. The van der Waals surface area contributed by atoms with E-state index in [2.05, 4.69) is 4.98 Å². The molecule has 2 aromatic rings. The summed E-state index contributed by atoms with van der Waals surface area (Å²) in [6, 6.07) is 5.72. The number of carbonyl (C=O) groups is 2. The molecule has 102 valence electrons. The number of hydrogen-bond acceptors (Lipinski definition) is 5. The summed E-state index contributed by atoms with van der Waals surface area (Å²) in [4.78, 5) is 27.5. The number of fused-ring (bicyclic) bond motifs is 1. The molecule has 0 aliphatic heterocycles. The molecule has 3 rings (SSSR count). The molecule has 5 heteroatoms. The zero-order chi connectivity index (χ0) is 13.9.